The van der Waals surface area contributed by atoms with E-state index in [1.165, 1.54) is 6.07 Å². The first-order valence-electron chi connectivity index (χ1n) is 5.67. The number of benzene rings is 1. The number of methoxy groups -OCH3 is 1. The largest absolute Gasteiger partial charge is 0.496 e. The van der Waals surface area contributed by atoms with Crippen LogP contribution in [0.15, 0.2) is 18.2 Å². The van der Waals surface area contributed by atoms with Crippen LogP contribution in [0.25, 0.3) is 0 Å². The van der Waals surface area contributed by atoms with Gasteiger partial charge in [-0.05, 0) is 32.0 Å². The van der Waals surface area contributed by atoms with Crippen molar-refractivity contribution < 1.29 is 9.13 Å². The molecule has 0 radical (unpaired) electrons. The molecule has 0 saturated heterocycles. The standard InChI is InChI=1S/C14H18FNO/c1-4-5-6-9-12(16-2)14-11(15)8-7-10-13(14)17-3/h1,7-8,10,12,16H,5-6,9H2,2-3H3. The Hall–Kier alpha value is -1.53. The quantitative estimate of drug-likeness (QED) is 0.604. The molecule has 0 heterocycles. The van der Waals surface area contributed by atoms with Crippen LogP contribution in [-0.4, -0.2) is 14.2 Å². The maximum absolute atomic E-state index is 13.8. The molecule has 17 heavy (non-hydrogen) atoms. The van der Waals surface area contributed by atoms with Gasteiger partial charge in [0.2, 0.25) is 0 Å². The van der Waals surface area contributed by atoms with Gasteiger partial charge in [0.05, 0.1) is 7.11 Å². The monoisotopic (exact) mass is 235 g/mol. The van der Waals surface area contributed by atoms with Gasteiger partial charge in [0.25, 0.3) is 0 Å². The summed E-state index contributed by atoms with van der Waals surface area (Å²) < 4.78 is 19.0. The van der Waals surface area contributed by atoms with Gasteiger partial charge >= 0.3 is 0 Å². The first-order valence-corrected chi connectivity index (χ1v) is 5.67. The minimum Gasteiger partial charge on any atom is -0.496 e. The molecule has 0 aliphatic heterocycles. The molecule has 1 atom stereocenters. The third-order valence-corrected chi connectivity index (χ3v) is 2.74. The van der Waals surface area contributed by atoms with Crippen molar-refractivity contribution in [3.63, 3.8) is 0 Å². The highest BCUT2D eigenvalue weighted by Crippen LogP contribution is 2.30. The van der Waals surface area contributed by atoms with E-state index >= 15 is 0 Å². The molecule has 92 valence electrons. The zero-order valence-corrected chi connectivity index (χ0v) is 10.3. The maximum atomic E-state index is 13.8. The van der Waals surface area contributed by atoms with Crippen LogP contribution in [0, 0.1) is 18.2 Å². The van der Waals surface area contributed by atoms with Crippen LogP contribution in [0.4, 0.5) is 4.39 Å². The molecule has 1 aromatic rings. The predicted octanol–water partition coefficient (Wildman–Crippen LogP) is 2.90. The van der Waals surface area contributed by atoms with Gasteiger partial charge in [-0.2, -0.15) is 0 Å². The Balaban J connectivity index is 2.90. The highest BCUT2D eigenvalue weighted by molar-refractivity contribution is 5.37. The second kappa shape index (κ2) is 6.93. The summed E-state index contributed by atoms with van der Waals surface area (Å²) in [6.07, 6.45) is 7.57. The van der Waals surface area contributed by atoms with Gasteiger partial charge in [-0.3, -0.25) is 0 Å². The Morgan fingerprint density at radius 2 is 2.29 bits per heavy atom. The van der Waals surface area contributed by atoms with Crippen molar-refractivity contribution in [2.24, 2.45) is 0 Å². The van der Waals surface area contributed by atoms with E-state index in [1.54, 1.807) is 19.2 Å². The molecule has 3 heteroatoms. The lowest BCUT2D eigenvalue weighted by Crippen LogP contribution is -2.18. The van der Waals surface area contributed by atoms with Crippen LogP contribution in [0.5, 0.6) is 5.75 Å². The average Bonchev–Trinajstić information content (AvgIpc) is 2.35. The molecule has 0 aliphatic rings. The molecular weight excluding hydrogens is 217 g/mol. The zero-order valence-electron chi connectivity index (χ0n) is 10.3. The summed E-state index contributed by atoms with van der Waals surface area (Å²) in [6.45, 7) is 0. The van der Waals surface area contributed by atoms with Crippen LogP contribution in [-0.2, 0) is 0 Å². The van der Waals surface area contributed by atoms with Gasteiger partial charge in [-0.15, -0.1) is 12.3 Å². The minimum absolute atomic E-state index is 0.0699. The third-order valence-electron chi connectivity index (χ3n) is 2.74. The van der Waals surface area contributed by atoms with Gasteiger partial charge in [-0.25, -0.2) is 4.39 Å². The van der Waals surface area contributed by atoms with E-state index in [4.69, 9.17) is 11.2 Å². The van der Waals surface area contributed by atoms with Crippen molar-refractivity contribution in [1.29, 1.82) is 0 Å². The minimum atomic E-state index is -0.246. The van der Waals surface area contributed by atoms with E-state index in [1.807, 2.05) is 7.05 Å². The molecule has 2 nitrogen and oxygen atoms in total. The Morgan fingerprint density at radius 3 is 2.88 bits per heavy atom. The SMILES string of the molecule is C#CCCCC(NC)c1c(F)cccc1OC. The lowest BCUT2D eigenvalue weighted by molar-refractivity contribution is 0.388. The zero-order chi connectivity index (χ0) is 12.7. The van der Waals surface area contributed by atoms with Crippen molar-refractivity contribution in [1.82, 2.24) is 5.32 Å². The Morgan fingerprint density at radius 1 is 1.53 bits per heavy atom. The molecule has 0 saturated carbocycles. The lowest BCUT2D eigenvalue weighted by Gasteiger charge is -2.19. The van der Waals surface area contributed by atoms with E-state index in [2.05, 4.69) is 11.2 Å². The number of halogens is 1. The van der Waals surface area contributed by atoms with E-state index in [0.29, 0.717) is 17.7 Å². The number of hydrogen-bond acceptors (Lipinski definition) is 2. The van der Waals surface area contributed by atoms with Crippen molar-refractivity contribution in [2.45, 2.75) is 25.3 Å². The fourth-order valence-electron chi connectivity index (χ4n) is 1.87. The van der Waals surface area contributed by atoms with Crippen molar-refractivity contribution in [3.8, 4) is 18.1 Å². The van der Waals surface area contributed by atoms with Crippen LogP contribution in [0.2, 0.25) is 0 Å². The summed E-state index contributed by atoms with van der Waals surface area (Å²) in [7, 11) is 3.36. The molecule has 1 rings (SSSR count). The topological polar surface area (TPSA) is 21.3 Å². The summed E-state index contributed by atoms with van der Waals surface area (Å²) in [6, 6.07) is 4.79. The maximum Gasteiger partial charge on any atom is 0.131 e. The van der Waals surface area contributed by atoms with E-state index in [0.717, 1.165) is 12.8 Å². The highest BCUT2D eigenvalue weighted by Gasteiger charge is 2.18. The Labute approximate surface area is 102 Å². The smallest absolute Gasteiger partial charge is 0.131 e. The van der Waals surface area contributed by atoms with Gasteiger partial charge in [-0.1, -0.05) is 6.07 Å². The van der Waals surface area contributed by atoms with Crippen LogP contribution in [0.3, 0.4) is 0 Å². The Bertz CT molecular complexity index is 398. The summed E-state index contributed by atoms with van der Waals surface area (Å²) in [5, 5.41) is 3.10. The Kier molecular flexibility index (Phi) is 5.51. The first-order chi connectivity index (χ1) is 8.24. The summed E-state index contributed by atoms with van der Waals surface area (Å²) in [4.78, 5) is 0. The fraction of sp³-hybridized carbons (Fsp3) is 0.429. The number of terminal acetylenes is 1. The van der Waals surface area contributed by atoms with Crippen molar-refractivity contribution >= 4 is 0 Å². The molecular formula is C14H18FNO. The van der Waals surface area contributed by atoms with E-state index < -0.39 is 0 Å². The molecule has 1 unspecified atom stereocenters. The molecule has 0 fully saturated rings. The second-order valence-electron chi connectivity index (χ2n) is 3.79. The van der Waals surface area contributed by atoms with E-state index in [-0.39, 0.29) is 11.9 Å². The van der Waals surface area contributed by atoms with Crippen molar-refractivity contribution in [2.75, 3.05) is 14.2 Å². The predicted molar refractivity (Wildman–Crippen MR) is 67.4 cm³/mol. The average molecular weight is 235 g/mol. The molecule has 0 aromatic heterocycles. The molecule has 0 amide bonds. The number of rotatable bonds is 6. The molecule has 0 aliphatic carbocycles. The lowest BCUT2D eigenvalue weighted by atomic mass is 9.99. The van der Waals surface area contributed by atoms with E-state index in [9.17, 15) is 4.39 Å². The number of hydrogen-bond donors (Lipinski definition) is 1. The first kappa shape index (κ1) is 13.5. The molecule has 0 bridgehead atoms. The van der Waals surface area contributed by atoms with Gasteiger partial charge in [0, 0.05) is 18.0 Å². The normalized spacial score (nSPS) is 11.9. The van der Waals surface area contributed by atoms with Crippen LogP contribution < -0.4 is 10.1 Å². The number of nitrogens with one attached hydrogen (secondary N) is 1. The number of unbranched alkanes of at least 4 members (excludes halogenated alkanes) is 1. The van der Waals surface area contributed by atoms with Gasteiger partial charge < -0.3 is 10.1 Å². The summed E-state index contributed by atoms with van der Waals surface area (Å²) in [5.74, 6) is 2.92. The third kappa shape index (κ3) is 3.47. The fourth-order valence-corrected chi connectivity index (χ4v) is 1.87. The molecule has 0 spiro atoms. The second-order valence-corrected chi connectivity index (χ2v) is 3.79. The number of ether oxygens (including phenoxy) is 1. The van der Waals surface area contributed by atoms with Crippen LogP contribution >= 0.6 is 0 Å². The summed E-state index contributed by atoms with van der Waals surface area (Å²) >= 11 is 0. The van der Waals surface area contributed by atoms with Gasteiger partial charge in [0.1, 0.15) is 11.6 Å². The van der Waals surface area contributed by atoms with Crippen LogP contribution in [0.1, 0.15) is 30.9 Å². The summed E-state index contributed by atoms with van der Waals surface area (Å²) in [5.41, 5.74) is 0.578. The van der Waals surface area contributed by atoms with Gasteiger partial charge in [0.15, 0.2) is 0 Å². The van der Waals surface area contributed by atoms with Crippen molar-refractivity contribution in [3.05, 3.63) is 29.6 Å². The molecule has 1 aromatic carbocycles. The highest BCUT2D eigenvalue weighted by atomic mass is 19.1. The molecule has 1 N–H and O–H groups in total.